The van der Waals surface area contributed by atoms with E-state index >= 15 is 0 Å². The van der Waals surface area contributed by atoms with Gasteiger partial charge in [0.1, 0.15) is 10.7 Å². The van der Waals surface area contributed by atoms with Crippen molar-refractivity contribution in [2.24, 2.45) is 0 Å². The lowest BCUT2D eigenvalue weighted by molar-refractivity contribution is -0.120. The molecule has 0 aliphatic carbocycles. The molecule has 1 N–H and O–H groups in total. The van der Waals surface area contributed by atoms with Crippen LogP contribution < -0.4 is 10.2 Å². The van der Waals surface area contributed by atoms with Gasteiger partial charge in [-0.1, -0.05) is 31.0 Å². The molecule has 178 valence electrons. The lowest BCUT2D eigenvalue weighted by atomic mass is 10.2. The Balaban J connectivity index is 1.75. The van der Waals surface area contributed by atoms with Gasteiger partial charge in [-0.2, -0.15) is 0 Å². The van der Waals surface area contributed by atoms with Gasteiger partial charge in [-0.05, 0) is 62.7 Å². The van der Waals surface area contributed by atoms with Crippen LogP contribution in [0.25, 0.3) is 0 Å². The molecule has 0 fully saturated rings. The van der Waals surface area contributed by atoms with E-state index in [1.165, 1.54) is 30.3 Å². The fourth-order valence-corrected chi connectivity index (χ4v) is 3.35. The van der Waals surface area contributed by atoms with Gasteiger partial charge in [0.05, 0.1) is 29.5 Å². The number of benzene rings is 2. The van der Waals surface area contributed by atoms with Gasteiger partial charge in [-0.3, -0.25) is 9.59 Å². The summed E-state index contributed by atoms with van der Waals surface area (Å²) in [6.45, 7) is 5.80. The SMILES string of the molecule is CCCCOC(=O)c1ccc(N2C(=O)C(Cl)=C(Nc3cccc(C(=O)OC(C)C)c3)C2=O)cc1. The van der Waals surface area contributed by atoms with Crippen LogP contribution in [-0.4, -0.2) is 36.5 Å². The molecule has 0 radical (unpaired) electrons. The van der Waals surface area contributed by atoms with E-state index in [-0.39, 0.29) is 28.1 Å². The molecule has 1 aliphatic heterocycles. The number of imide groups is 1. The number of unbranched alkanes of at least 4 members (excludes halogenated alkanes) is 1. The number of carbonyl (C=O) groups excluding carboxylic acids is 4. The van der Waals surface area contributed by atoms with Gasteiger partial charge >= 0.3 is 11.9 Å². The summed E-state index contributed by atoms with van der Waals surface area (Å²) < 4.78 is 10.3. The van der Waals surface area contributed by atoms with Crippen molar-refractivity contribution >= 4 is 46.7 Å². The molecule has 2 aromatic rings. The maximum Gasteiger partial charge on any atom is 0.338 e. The van der Waals surface area contributed by atoms with Crippen molar-refractivity contribution in [1.29, 1.82) is 0 Å². The van der Waals surface area contributed by atoms with Crippen molar-refractivity contribution in [3.05, 3.63) is 70.4 Å². The molecule has 0 unspecified atom stereocenters. The van der Waals surface area contributed by atoms with Crippen LogP contribution in [-0.2, 0) is 19.1 Å². The summed E-state index contributed by atoms with van der Waals surface area (Å²) >= 11 is 6.18. The summed E-state index contributed by atoms with van der Waals surface area (Å²) in [7, 11) is 0. The van der Waals surface area contributed by atoms with Crippen molar-refractivity contribution < 1.29 is 28.7 Å². The summed E-state index contributed by atoms with van der Waals surface area (Å²) in [6.07, 6.45) is 1.39. The van der Waals surface area contributed by atoms with Gasteiger partial charge in [0.2, 0.25) is 0 Å². The zero-order valence-electron chi connectivity index (χ0n) is 19.1. The third kappa shape index (κ3) is 5.63. The van der Waals surface area contributed by atoms with Crippen LogP contribution in [0.15, 0.2) is 59.3 Å². The lowest BCUT2D eigenvalue weighted by Gasteiger charge is -2.15. The van der Waals surface area contributed by atoms with Crippen LogP contribution in [0.1, 0.15) is 54.3 Å². The van der Waals surface area contributed by atoms with Gasteiger partial charge in [-0.25, -0.2) is 14.5 Å². The number of anilines is 2. The van der Waals surface area contributed by atoms with E-state index in [0.29, 0.717) is 17.9 Å². The largest absolute Gasteiger partial charge is 0.462 e. The molecule has 0 saturated heterocycles. The van der Waals surface area contributed by atoms with E-state index in [1.807, 2.05) is 6.92 Å². The molecular weight excluding hydrogens is 460 g/mol. The predicted molar refractivity (Wildman–Crippen MR) is 128 cm³/mol. The van der Waals surface area contributed by atoms with Crippen molar-refractivity contribution in [3.63, 3.8) is 0 Å². The van der Waals surface area contributed by atoms with Crippen molar-refractivity contribution in [2.75, 3.05) is 16.8 Å². The van der Waals surface area contributed by atoms with E-state index in [9.17, 15) is 19.2 Å². The third-order valence-corrected chi connectivity index (χ3v) is 5.18. The molecule has 0 saturated carbocycles. The van der Waals surface area contributed by atoms with Gasteiger partial charge in [0.25, 0.3) is 11.8 Å². The van der Waals surface area contributed by atoms with Crippen LogP contribution in [0.5, 0.6) is 0 Å². The molecule has 2 amide bonds. The quantitative estimate of drug-likeness (QED) is 0.314. The maximum absolute atomic E-state index is 13.0. The normalized spacial score (nSPS) is 13.5. The number of ether oxygens (including phenoxy) is 2. The first-order valence-corrected chi connectivity index (χ1v) is 11.2. The Morgan fingerprint density at radius 3 is 2.35 bits per heavy atom. The number of halogens is 1. The zero-order valence-corrected chi connectivity index (χ0v) is 19.8. The first kappa shape index (κ1) is 25.0. The molecule has 8 nitrogen and oxygen atoms in total. The monoisotopic (exact) mass is 484 g/mol. The average molecular weight is 485 g/mol. The average Bonchev–Trinajstić information content (AvgIpc) is 3.02. The number of hydrogen-bond donors (Lipinski definition) is 1. The van der Waals surface area contributed by atoms with Crippen LogP contribution in [0, 0.1) is 0 Å². The van der Waals surface area contributed by atoms with E-state index in [0.717, 1.165) is 17.7 Å². The highest BCUT2D eigenvalue weighted by Gasteiger charge is 2.39. The first-order valence-electron chi connectivity index (χ1n) is 10.9. The molecule has 2 aromatic carbocycles. The standard InChI is InChI=1S/C25H25ClN2O6/c1-4-5-13-33-24(31)16-9-11-19(12-10-16)28-22(29)20(26)21(23(28)30)27-18-8-6-7-17(14-18)25(32)34-15(2)3/h6-12,14-15,27H,4-5,13H2,1-3H3. The summed E-state index contributed by atoms with van der Waals surface area (Å²) in [5, 5.41) is 2.54. The minimum Gasteiger partial charge on any atom is -0.462 e. The van der Waals surface area contributed by atoms with Crippen molar-refractivity contribution in [1.82, 2.24) is 0 Å². The fraction of sp³-hybridized carbons (Fsp3) is 0.280. The van der Waals surface area contributed by atoms with E-state index in [1.54, 1.807) is 32.0 Å². The molecule has 1 aliphatic rings. The van der Waals surface area contributed by atoms with Crippen LogP contribution in [0.2, 0.25) is 0 Å². The number of amides is 2. The molecule has 9 heteroatoms. The number of esters is 2. The Morgan fingerprint density at radius 2 is 1.71 bits per heavy atom. The molecule has 0 atom stereocenters. The van der Waals surface area contributed by atoms with Crippen LogP contribution in [0.4, 0.5) is 11.4 Å². The second-order valence-electron chi connectivity index (χ2n) is 7.83. The van der Waals surface area contributed by atoms with Gasteiger partial charge in [-0.15, -0.1) is 0 Å². The Hall–Kier alpha value is -3.65. The summed E-state index contributed by atoms with van der Waals surface area (Å²) in [4.78, 5) is 50.9. The molecule has 34 heavy (non-hydrogen) atoms. The van der Waals surface area contributed by atoms with Gasteiger partial charge < -0.3 is 14.8 Å². The van der Waals surface area contributed by atoms with Gasteiger partial charge in [0.15, 0.2) is 0 Å². The summed E-state index contributed by atoms with van der Waals surface area (Å²) in [5.41, 5.74) is 1.11. The number of nitrogens with zero attached hydrogens (tertiary/aromatic N) is 1. The predicted octanol–water partition coefficient (Wildman–Crippen LogP) is 4.64. The second kappa shape index (κ2) is 11.0. The molecule has 0 spiro atoms. The Labute approximate surface area is 202 Å². The molecule has 0 aromatic heterocycles. The summed E-state index contributed by atoms with van der Waals surface area (Å²) in [5.74, 6) is -2.36. The molecule has 1 heterocycles. The Bertz CT molecular complexity index is 1140. The highest BCUT2D eigenvalue weighted by molar-refractivity contribution is 6.53. The van der Waals surface area contributed by atoms with Crippen molar-refractivity contribution in [3.8, 4) is 0 Å². The molecule has 3 rings (SSSR count). The second-order valence-corrected chi connectivity index (χ2v) is 8.21. The van der Waals surface area contributed by atoms with Gasteiger partial charge in [0, 0.05) is 5.69 Å². The number of hydrogen-bond acceptors (Lipinski definition) is 7. The number of nitrogens with one attached hydrogen (secondary N) is 1. The van der Waals surface area contributed by atoms with E-state index in [2.05, 4.69) is 5.32 Å². The van der Waals surface area contributed by atoms with E-state index < -0.39 is 23.8 Å². The third-order valence-electron chi connectivity index (χ3n) is 4.83. The van der Waals surface area contributed by atoms with Crippen molar-refractivity contribution in [2.45, 2.75) is 39.7 Å². The smallest absolute Gasteiger partial charge is 0.338 e. The maximum atomic E-state index is 13.0. The Morgan fingerprint density at radius 1 is 1.00 bits per heavy atom. The topological polar surface area (TPSA) is 102 Å². The molecule has 0 bridgehead atoms. The highest BCUT2D eigenvalue weighted by atomic mass is 35.5. The minimum absolute atomic E-state index is 0.121. The lowest BCUT2D eigenvalue weighted by Crippen LogP contribution is -2.32. The minimum atomic E-state index is -0.706. The summed E-state index contributed by atoms with van der Waals surface area (Å²) in [6, 6.07) is 12.2. The van der Waals surface area contributed by atoms with E-state index in [4.69, 9.17) is 21.1 Å². The number of rotatable bonds is 9. The number of carbonyl (C=O) groups is 4. The first-order chi connectivity index (χ1) is 16.2. The van der Waals surface area contributed by atoms with Crippen LogP contribution >= 0.6 is 11.6 Å². The fourth-order valence-electron chi connectivity index (χ4n) is 3.14. The van der Waals surface area contributed by atoms with Crippen LogP contribution in [0.3, 0.4) is 0 Å². The Kier molecular flexibility index (Phi) is 8.07. The highest BCUT2D eigenvalue weighted by Crippen LogP contribution is 2.30. The molecular formula is C25H25ClN2O6. The zero-order chi connectivity index (χ0) is 24.8.